The first-order chi connectivity index (χ1) is 11.1. The van der Waals surface area contributed by atoms with E-state index in [2.05, 4.69) is 6.92 Å². The van der Waals surface area contributed by atoms with Crippen molar-refractivity contribution in [3.63, 3.8) is 0 Å². The van der Waals surface area contributed by atoms with Gasteiger partial charge < -0.3 is 14.4 Å². The highest BCUT2D eigenvalue weighted by Gasteiger charge is 2.16. The van der Waals surface area contributed by atoms with E-state index in [0.29, 0.717) is 18.9 Å². The van der Waals surface area contributed by atoms with Crippen LogP contribution in [0.15, 0.2) is 24.3 Å². The van der Waals surface area contributed by atoms with Gasteiger partial charge in [-0.05, 0) is 50.7 Å². The third-order valence-electron chi connectivity index (χ3n) is 4.46. The smallest absolute Gasteiger partial charge is 0.222 e. The summed E-state index contributed by atoms with van der Waals surface area (Å²) in [6.45, 7) is 5.24. The van der Waals surface area contributed by atoms with E-state index in [4.69, 9.17) is 9.47 Å². The van der Waals surface area contributed by atoms with Crippen molar-refractivity contribution < 1.29 is 14.3 Å². The van der Waals surface area contributed by atoms with E-state index in [1.807, 2.05) is 36.2 Å². The van der Waals surface area contributed by atoms with Gasteiger partial charge in [-0.15, -0.1) is 0 Å². The fourth-order valence-corrected chi connectivity index (χ4v) is 2.77. The topological polar surface area (TPSA) is 38.8 Å². The minimum absolute atomic E-state index is 0.213. The molecule has 0 spiro atoms. The Balaban J connectivity index is 1.57. The predicted octanol–water partition coefficient (Wildman–Crippen LogP) is 3.43. The monoisotopic (exact) mass is 319 g/mol. The van der Waals surface area contributed by atoms with Crippen molar-refractivity contribution in [3.05, 3.63) is 29.8 Å². The molecular weight excluding hydrogens is 290 g/mol. The molecule has 4 nitrogen and oxygen atoms in total. The number of carbonyl (C=O) groups is 1. The first kappa shape index (κ1) is 17.8. The molecule has 23 heavy (non-hydrogen) atoms. The fraction of sp³-hybridized carbons (Fsp3) is 0.632. The van der Waals surface area contributed by atoms with Crippen LogP contribution >= 0.6 is 0 Å². The lowest BCUT2D eigenvalue weighted by atomic mass is 9.96. The summed E-state index contributed by atoms with van der Waals surface area (Å²) >= 11 is 0. The van der Waals surface area contributed by atoms with Gasteiger partial charge in [0.15, 0.2) is 0 Å². The molecule has 1 aliphatic rings. The van der Waals surface area contributed by atoms with Crippen molar-refractivity contribution in [2.75, 3.05) is 33.4 Å². The van der Waals surface area contributed by atoms with Gasteiger partial charge >= 0.3 is 0 Å². The normalized spacial score (nSPS) is 15.4. The van der Waals surface area contributed by atoms with Crippen molar-refractivity contribution in [3.8, 4) is 5.75 Å². The Bertz CT molecular complexity index is 466. The Morgan fingerprint density at radius 2 is 1.96 bits per heavy atom. The van der Waals surface area contributed by atoms with Crippen LogP contribution in [0.3, 0.4) is 0 Å². The first-order valence-electron chi connectivity index (χ1n) is 8.66. The van der Waals surface area contributed by atoms with Gasteiger partial charge in [0.2, 0.25) is 5.91 Å². The molecule has 0 atom stereocenters. The van der Waals surface area contributed by atoms with E-state index >= 15 is 0 Å². The zero-order valence-corrected chi connectivity index (χ0v) is 14.4. The number of carbonyl (C=O) groups excluding carboxylic acids is 1. The number of amides is 1. The summed E-state index contributed by atoms with van der Waals surface area (Å²) in [5.74, 6) is 1.80. The van der Waals surface area contributed by atoms with Crippen LogP contribution < -0.4 is 4.74 Å². The molecule has 0 bridgehead atoms. The standard InChI is InChI=1S/C19H29NO3/c1-16-5-7-18(8-6-16)23-13-3-4-19(21)20(2)12-9-17-10-14-22-15-11-17/h5-8,17H,3-4,9-15H2,1-2H3. The van der Waals surface area contributed by atoms with E-state index in [1.165, 1.54) is 5.56 Å². The highest BCUT2D eigenvalue weighted by Crippen LogP contribution is 2.18. The third kappa shape index (κ3) is 6.61. The molecule has 0 aromatic heterocycles. The summed E-state index contributed by atoms with van der Waals surface area (Å²) in [6.07, 6.45) is 4.66. The van der Waals surface area contributed by atoms with Gasteiger partial charge in [0.1, 0.15) is 5.75 Å². The summed E-state index contributed by atoms with van der Waals surface area (Å²) in [4.78, 5) is 14.0. The van der Waals surface area contributed by atoms with Gasteiger partial charge in [-0.2, -0.15) is 0 Å². The second kappa shape index (κ2) is 9.56. The molecular formula is C19H29NO3. The van der Waals surface area contributed by atoms with E-state index < -0.39 is 0 Å². The van der Waals surface area contributed by atoms with Crippen molar-refractivity contribution in [2.24, 2.45) is 5.92 Å². The van der Waals surface area contributed by atoms with Gasteiger partial charge in [-0.1, -0.05) is 17.7 Å². The molecule has 0 radical (unpaired) electrons. The van der Waals surface area contributed by atoms with Gasteiger partial charge in [0.25, 0.3) is 0 Å². The Kier molecular flexibility index (Phi) is 7.40. The molecule has 128 valence electrons. The summed E-state index contributed by atoms with van der Waals surface area (Å²) in [5, 5.41) is 0. The molecule has 0 unspecified atom stereocenters. The molecule has 1 heterocycles. The SMILES string of the molecule is Cc1ccc(OCCCC(=O)N(C)CCC2CCOCC2)cc1. The van der Waals surface area contributed by atoms with Crippen LogP contribution in [0.2, 0.25) is 0 Å². The maximum atomic E-state index is 12.1. The van der Waals surface area contributed by atoms with Crippen LogP contribution in [-0.2, 0) is 9.53 Å². The van der Waals surface area contributed by atoms with Crippen LogP contribution in [-0.4, -0.2) is 44.2 Å². The number of hydrogen-bond donors (Lipinski definition) is 0. The number of ether oxygens (including phenoxy) is 2. The van der Waals surface area contributed by atoms with Crippen molar-refractivity contribution >= 4 is 5.91 Å². The molecule has 1 aliphatic heterocycles. The second-order valence-electron chi connectivity index (χ2n) is 6.42. The highest BCUT2D eigenvalue weighted by molar-refractivity contribution is 5.75. The summed E-state index contributed by atoms with van der Waals surface area (Å²) in [6, 6.07) is 8.00. The lowest BCUT2D eigenvalue weighted by Crippen LogP contribution is -2.30. The van der Waals surface area contributed by atoms with Crippen molar-refractivity contribution in [1.29, 1.82) is 0 Å². The van der Waals surface area contributed by atoms with Crippen molar-refractivity contribution in [2.45, 2.75) is 39.0 Å². The second-order valence-corrected chi connectivity index (χ2v) is 6.42. The number of aryl methyl sites for hydroxylation is 1. The summed E-state index contributed by atoms with van der Waals surface area (Å²) in [7, 11) is 1.91. The average molecular weight is 319 g/mol. The largest absolute Gasteiger partial charge is 0.494 e. The molecule has 2 rings (SSSR count). The molecule has 1 aromatic rings. The van der Waals surface area contributed by atoms with Gasteiger partial charge in [-0.25, -0.2) is 0 Å². The molecule has 1 fully saturated rings. The average Bonchev–Trinajstić information content (AvgIpc) is 2.59. The Labute approximate surface area is 139 Å². The van der Waals surface area contributed by atoms with E-state index in [-0.39, 0.29) is 5.91 Å². The van der Waals surface area contributed by atoms with Gasteiger partial charge in [-0.3, -0.25) is 4.79 Å². The zero-order valence-electron chi connectivity index (χ0n) is 14.4. The number of nitrogens with zero attached hydrogens (tertiary/aromatic N) is 1. The number of benzene rings is 1. The molecule has 1 aromatic carbocycles. The van der Waals surface area contributed by atoms with Crippen LogP contribution in [0.25, 0.3) is 0 Å². The van der Waals surface area contributed by atoms with Gasteiger partial charge in [0, 0.05) is 33.2 Å². The molecule has 1 saturated heterocycles. The fourth-order valence-electron chi connectivity index (χ4n) is 2.77. The third-order valence-corrected chi connectivity index (χ3v) is 4.46. The lowest BCUT2D eigenvalue weighted by Gasteiger charge is -2.25. The quantitative estimate of drug-likeness (QED) is 0.689. The minimum atomic E-state index is 0.213. The maximum Gasteiger partial charge on any atom is 0.222 e. The predicted molar refractivity (Wildman–Crippen MR) is 91.7 cm³/mol. The highest BCUT2D eigenvalue weighted by atomic mass is 16.5. The van der Waals surface area contributed by atoms with E-state index in [9.17, 15) is 4.79 Å². The van der Waals surface area contributed by atoms with Crippen LogP contribution in [0.1, 0.15) is 37.7 Å². The van der Waals surface area contributed by atoms with Crippen LogP contribution in [0.4, 0.5) is 0 Å². The summed E-state index contributed by atoms with van der Waals surface area (Å²) < 4.78 is 11.0. The Morgan fingerprint density at radius 1 is 1.26 bits per heavy atom. The minimum Gasteiger partial charge on any atom is -0.494 e. The Morgan fingerprint density at radius 3 is 2.65 bits per heavy atom. The van der Waals surface area contributed by atoms with E-state index in [0.717, 1.165) is 51.2 Å². The van der Waals surface area contributed by atoms with Crippen LogP contribution in [0, 0.1) is 12.8 Å². The molecule has 4 heteroatoms. The molecule has 0 aliphatic carbocycles. The molecule has 1 amide bonds. The zero-order chi connectivity index (χ0) is 16.5. The molecule has 0 saturated carbocycles. The van der Waals surface area contributed by atoms with Gasteiger partial charge in [0.05, 0.1) is 6.61 Å². The van der Waals surface area contributed by atoms with Crippen LogP contribution in [0.5, 0.6) is 5.75 Å². The first-order valence-corrected chi connectivity index (χ1v) is 8.66. The Hall–Kier alpha value is -1.55. The molecule has 0 N–H and O–H groups in total. The summed E-state index contributed by atoms with van der Waals surface area (Å²) in [5.41, 5.74) is 1.22. The van der Waals surface area contributed by atoms with Crippen molar-refractivity contribution in [1.82, 2.24) is 4.90 Å². The maximum absolute atomic E-state index is 12.1. The number of hydrogen-bond acceptors (Lipinski definition) is 3. The van der Waals surface area contributed by atoms with E-state index in [1.54, 1.807) is 0 Å². The number of rotatable bonds is 8. The lowest BCUT2D eigenvalue weighted by molar-refractivity contribution is -0.130.